The van der Waals surface area contributed by atoms with E-state index in [9.17, 15) is 9.59 Å². The molecule has 138 valence electrons. The zero-order valence-electron chi connectivity index (χ0n) is 14.5. The first-order valence-electron chi connectivity index (χ1n) is 8.52. The van der Waals surface area contributed by atoms with Gasteiger partial charge in [-0.1, -0.05) is 11.6 Å². The van der Waals surface area contributed by atoms with Gasteiger partial charge in [-0.25, -0.2) is 4.98 Å². The van der Waals surface area contributed by atoms with Crippen LogP contribution in [0.2, 0.25) is 5.02 Å². The number of carbonyl (C=O) groups is 2. The number of nitrogens with zero attached hydrogens (tertiary/aromatic N) is 2. The molecule has 0 unspecified atom stereocenters. The van der Waals surface area contributed by atoms with Crippen LogP contribution in [0.5, 0.6) is 0 Å². The van der Waals surface area contributed by atoms with E-state index in [4.69, 9.17) is 11.6 Å². The summed E-state index contributed by atoms with van der Waals surface area (Å²) in [6.45, 7) is 0.494. The van der Waals surface area contributed by atoms with Crippen LogP contribution in [-0.2, 0) is 11.2 Å². The lowest BCUT2D eigenvalue weighted by Gasteiger charge is -2.04. The fourth-order valence-corrected chi connectivity index (χ4v) is 3.46. The van der Waals surface area contributed by atoms with Crippen molar-refractivity contribution in [3.05, 3.63) is 70.5 Å². The molecule has 3 rings (SSSR count). The van der Waals surface area contributed by atoms with Gasteiger partial charge in [0.25, 0.3) is 0 Å². The SMILES string of the molecule is O=C(CCC(=O)c1ccc(Cl)cc1)NCCc1csc(-c2ccncc2)n1. The number of hydrogen-bond acceptors (Lipinski definition) is 5. The Kier molecular flexibility index (Phi) is 6.68. The molecule has 1 N–H and O–H groups in total. The van der Waals surface area contributed by atoms with Crippen LogP contribution in [0.1, 0.15) is 28.9 Å². The standard InChI is InChI=1S/C20H18ClN3O2S/c21-16-3-1-14(2-4-16)18(25)5-6-19(26)23-12-9-17-13-27-20(24-17)15-7-10-22-11-8-15/h1-4,7-8,10-11,13H,5-6,9,12H2,(H,23,26). The van der Waals surface area contributed by atoms with Crippen molar-refractivity contribution >= 4 is 34.6 Å². The summed E-state index contributed by atoms with van der Waals surface area (Å²) >= 11 is 7.37. The number of ketones is 1. The fourth-order valence-electron chi connectivity index (χ4n) is 2.47. The number of halogens is 1. The molecule has 0 atom stereocenters. The van der Waals surface area contributed by atoms with Gasteiger partial charge >= 0.3 is 0 Å². The molecule has 1 amide bonds. The third-order valence-electron chi connectivity index (χ3n) is 3.93. The molecule has 2 aromatic heterocycles. The van der Waals surface area contributed by atoms with Crippen LogP contribution in [0.3, 0.4) is 0 Å². The maximum absolute atomic E-state index is 12.1. The second-order valence-corrected chi connectivity index (χ2v) is 7.20. The first-order chi connectivity index (χ1) is 13.1. The topological polar surface area (TPSA) is 72.0 Å². The van der Waals surface area contributed by atoms with Crippen molar-refractivity contribution in [2.75, 3.05) is 6.54 Å². The molecule has 0 bridgehead atoms. The average molecular weight is 400 g/mol. The van der Waals surface area contributed by atoms with Gasteiger partial charge in [0.15, 0.2) is 5.78 Å². The van der Waals surface area contributed by atoms with Crippen molar-refractivity contribution in [3.63, 3.8) is 0 Å². The largest absolute Gasteiger partial charge is 0.356 e. The van der Waals surface area contributed by atoms with E-state index >= 15 is 0 Å². The van der Waals surface area contributed by atoms with Crippen LogP contribution < -0.4 is 5.32 Å². The number of hydrogen-bond donors (Lipinski definition) is 1. The monoisotopic (exact) mass is 399 g/mol. The molecule has 0 aliphatic carbocycles. The highest BCUT2D eigenvalue weighted by Crippen LogP contribution is 2.22. The van der Waals surface area contributed by atoms with Crippen LogP contribution in [0.25, 0.3) is 10.6 Å². The molecule has 0 spiro atoms. The summed E-state index contributed by atoms with van der Waals surface area (Å²) < 4.78 is 0. The van der Waals surface area contributed by atoms with Crippen molar-refractivity contribution in [2.24, 2.45) is 0 Å². The molecule has 5 nitrogen and oxygen atoms in total. The molecule has 27 heavy (non-hydrogen) atoms. The third-order valence-corrected chi connectivity index (χ3v) is 5.12. The summed E-state index contributed by atoms with van der Waals surface area (Å²) in [6, 6.07) is 10.5. The lowest BCUT2D eigenvalue weighted by molar-refractivity contribution is -0.121. The summed E-state index contributed by atoms with van der Waals surface area (Å²) in [7, 11) is 0. The maximum atomic E-state index is 12.1. The minimum atomic E-state index is -0.137. The van der Waals surface area contributed by atoms with Crippen LogP contribution in [0, 0.1) is 0 Å². The predicted octanol–water partition coefficient (Wildman–Crippen LogP) is 4.18. The van der Waals surface area contributed by atoms with Crippen LogP contribution in [-0.4, -0.2) is 28.2 Å². The van der Waals surface area contributed by atoms with Gasteiger partial charge < -0.3 is 5.32 Å². The molecule has 0 radical (unpaired) electrons. The van der Waals surface area contributed by atoms with E-state index in [1.165, 1.54) is 0 Å². The van der Waals surface area contributed by atoms with Crippen molar-refractivity contribution in [2.45, 2.75) is 19.3 Å². The fraction of sp³-hybridized carbons (Fsp3) is 0.200. The molecule has 0 aliphatic heterocycles. The number of amides is 1. The van der Waals surface area contributed by atoms with E-state index in [0.717, 1.165) is 16.3 Å². The van der Waals surface area contributed by atoms with Crippen molar-refractivity contribution in [3.8, 4) is 10.6 Å². The van der Waals surface area contributed by atoms with Crippen molar-refractivity contribution in [1.29, 1.82) is 0 Å². The first kappa shape index (κ1) is 19.2. The molecular weight excluding hydrogens is 382 g/mol. The van der Waals surface area contributed by atoms with E-state index in [0.29, 0.717) is 23.6 Å². The van der Waals surface area contributed by atoms with Crippen LogP contribution in [0.15, 0.2) is 54.2 Å². The van der Waals surface area contributed by atoms with Gasteiger partial charge in [0, 0.05) is 59.7 Å². The Morgan fingerprint density at radius 2 is 1.78 bits per heavy atom. The number of benzene rings is 1. The highest BCUT2D eigenvalue weighted by molar-refractivity contribution is 7.13. The van der Waals surface area contributed by atoms with Gasteiger partial charge in [-0.3, -0.25) is 14.6 Å². The maximum Gasteiger partial charge on any atom is 0.220 e. The lowest BCUT2D eigenvalue weighted by Crippen LogP contribution is -2.26. The van der Waals surface area contributed by atoms with Gasteiger partial charge in [-0.2, -0.15) is 0 Å². The summed E-state index contributed by atoms with van der Waals surface area (Å²) in [5.74, 6) is -0.204. The Labute approximate surface area is 166 Å². The summed E-state index contributed by atoms with van der Waals surface area (Å²) in [4.78, 5) is 32.6. The molecule has 3 aromatic rings. The second-order valence-electron chi connectivity index (χ2n) is 5.91. The minimum absolute atomic E-state index is 0.0664. The molecule has 7 heteroatoms. The predicted molar refractivity (Wildman–Crippen MR) is 107 cm³/mol. The quantitative estimate of drug-likeness (QED) is 0.577. The highest BCUT2D eigenvalue weighted by atomic mass is 35.5. The number of aromatic nitrogens is 2. The molecule has 0 saturated heterocycles. The second kappa shape index (κ2) is 9.39. The van der Waals surface area contributed by atoms with E-state index in [2.05, 4.69) is 15.3 Å². The number of nitrogens with one attached hydrogen (secondary N) is 1. The van der Waals surface area contributed by atoms with E-state index < -0.39 is 0 Å². The van der Waals surface area contributed by atoms with Gasteiger partial charge in [-0.05, 0) is 36.4 Å². The van der Waals surface area contributed by atoms with E-state index in [-0.39, 0.29) is 24.5 Å². The minimum Gasteiger partial charge on any atom is -0.356 e. The van der Waals surface area contributed by atoms with Crippen LogP contribution >= 0.6 is 22.9 Å². The Balaban J connectivity index is 1.40. The molecule has 0 aliphatic rings. The number of carbonyl (C=O) groups excluding carboxylic acids is 2. The van der Waals surface area contributed by atoms with E-state index in [1.54, 1.807) is 48.0 Å². The van der Waals surface area contributed by atoms with E-state index in [1.807, 2.05) is 17.5 Å². The summed E-state index contributed by atoms with van der Waals surface area (Å²) in [5.41, 5.74) is 2.54. The van der Waals surface area contributed by atoms with Crippen LogP contribution in [0.4, 0.5) is 0 Å². The summed E-state index contributed by atoms with van der Waals surface area (Å²) in [6.07, 6.45) is 4.47. The lowest BCUT2D eigenvalue weighted by atomic mass is 10.1. The zero-order chi connectivity index (χ0) is 19.1. The number of thiazole rings is 1. The van der Waals surface area contributed by atoms with Crippen molar-refractivity contribution < 1.29 is 9.59 Å². The first-order valence-corrected chi connectivity index (χ1v) is 9.78. The number of pyridine rings is 1. The van der Waals surface area contributed by atoms with Gasteiger partial charge in [-0.15, -0.1) is 11.3 Å². The number of rotatable bonds is 8. The highest BCUT2D eigenvalue weighted by Gasteiger charge is 2.10. The smallest absolute Gasteiger partial charge is 0.220 e. The molecule has 2 heterocycles. The van der Waals surface area contributed by atoms with Crippen molar-refractivity contribution in [1.82, 2.24) is 15.3 Å². The van der Waals surface area contributed by atoms with Gasteiger partial charge in [0.1, 0.15) is 5.01 Å². The zero-order valence-corrected chi connectivity index (χ0v) is 16.1. The molecule has 0 fully saturated rings. The molecule has 0 saturated carbocycles. The number of Topliss-reactive ketones (excluding diaryl/α,β-unsaturated/α-hetero) is 1. The molecular formula is C20H18ClN3O2S. The normalized spacial score (nSPS) is 10.6. The molecule has 1 aromatic carbocycles. The Morgan fingerprint density at radius 3 is 2.52 bits per heavy atom. The Morgan fingerprint density at radius 1 is 1.04 bits per heavy atom. The van der Waals surface area contributed by atoms with Gasteiger partial charge in [0.05, 0.1) is 5.69 Å². The van der Waals surface area contributed by atoms with Gasteiger partial charge in [0.2, 0.25) is 5.91 Å². The summed E-state index contributed by atoms with van der Waals surface area (Å²) in [5, 5.41) is 6.35. The Hall–Kier alpha value is -2.57. The third kappa shape index (κ3) is 5.70. The Bertz CT molecular complexity index is 910. The average Bonchev–Trinajstić information content (AvgIpc) is 3.16.